The van der Waals surface area contributed by atoms with Gasteiger partial charge in [-0.05, 0) is 43.4 Å². The van der Waals surface area contributed by atoms with E-state index in [1.807, 2.05) is 17.7 Å². The summed E-state index contributed by atoms with van der Waals surface area (Å²) in [7, 11) is 0. The van der Waals surface area contributed by atoms with E-state index < -0.39 is 5.97 Å². The number of fused-ring (bicyclic) bond motifs is 1. The number of aliphatic carboxylic acids is 1. The number of nitrogens with zero attached hydrogens (tertiary/aromatic N) is 1. The molecular weight excluding hydrogens is 238 g/mol. The molecule has 0 atom stereocenters. The minimum Gasteiger partial charge on any atom is -0.480 e. The zero-order valence-electron chi connectivity index (χ0n) is 11.9. The van der Waals surface area contributed by atoms with Crippen molar-refractivity contribution in [3.63, 3.8) is 0 Å². The molecule has 0 aliphatic heterocycles. The molecule has 1 N–H and O–H groups in total. The third kappa shape index (κ3) is 2.65. The van der Waals surface area contributed by atoms with E-state index >= 15 is 0 Å². The molecule has 0 saturated heterocycles. The Balaban J connectivity index is 2.62. The van der Waals surface area contributed by atoms with Crippen LogP contribution < -0.4 is 0 Å². The van der Waals surface area contributed by atoms with Crippen molar-refractivity contribution in [3.05, 3.63) is 35.0 Å². The van der Waals surface area contributed by atoms with Crippen LogP contribution in [0.1, 0.15) is 36.5 Å². The Kier molecular flexibility index (Phi) is 3.93. The summed E-state index contributed by atoms with van der Waals surface area (Å²) >= 11 is 0. The van der Waals surface area contributed by atoms with Gasteiger partial charge in [-0.25, -0.2) is 0 Å². The molecule has 102 valence electrons. The molecule has 3 nitrogen and oxygen atoms in total. The minimum absolute atomic E-state index is 0.0346. The Labute approximate surface area is 113 Å². The van der Waals surface area contributed by atoms with Crippen molar-refractivity contribution < 1.29 is 9.90 Å². The van der Waals surface area contributed by atoms with Crippen molar-refractivity contribution >= 4 is 16.9 Å². The van der Waals surface area contributed by atoms with Crippen LogP contribution >= 0.6 is 0 Å². The molecule has 0 aliphatic rings. The van der Waals surface area contributed by atoms with Crippen LogP contribution in [-0.2, 0) is 17.8 Å². The summed E-state index contributed by atoms with van der Waals surface area (Å²) in [4.78, 5) is 11.0. The summed E-state index contributed by atoms with van der Waals surface area (Å²) in [5.74, 6) is -0.792. The lowest BCUT2D eigenvalue weighted by Gasteiger charge is -2.06. The van der Waals surface area contributed by atoms with Crippen LogP contribution in [0.5, 0.6) is 0 Å². The van der Waals surface area contributed by atoms with Crippen LogP contribution in [0.3, 0.4) is 0 Å². The fraction of sp³-hybridized carbons (Fsp3) is 0.438. The van der Waals surface area contributed by atoms with Gasteiger partial charge in [-0.3, -0.25) is 4.79 Å². The second-order valence-corrected chi connectivity index (χ2v) is 5.20. The molecule has 1 aromatic heterocycles. The van der Waals surface area contributed by atoms with Crippen molar-refractivity contribution in [2.45, 2.75) is 46.6 Å². The number of carboxylic acids is 1. The number of aryl methyl sites for hydroxylation is 3. The molecule has 0 unspecified atom stereocenters. The maximum absolute atomic E-state index is 11.0. The predicted molar refractivity (Wildman–Crippen MR) is 77.7 cm³/mol. The number of unbranched alkanes of at least 4 members (excludes halogenated alkanes) is 1. The van der Waals surface area contributed by atoms with Crippen molar-refractivity contribution in [2.75, 3.05) is 0 Å². The topological polar surface area (TPSA) is 42.2 Å². The van der Waals surface area contributed by atoms with Crippen LogP contribution in [0.25, 0.3) is 10.9 Å². The maximum Gasteiger partial charge on any atom is 0.323 e. The van der Waals surface area contributed by atoms with E-state index in [1.165, 1.54) is 16.5 Å². The molecule has 2 aromatic rings. The first-order valence-corrected chi connectivity index (χ1v) is 6.84. The van der Waals surface area contributed by atoms with Crippen LogP contribution in [0.15, 0.2) is 18.3 Å². The summed E-state index contributed by atoms with van der Waals surface area (Å²) in [5.41, 5.74) is 4.73. The van der Waals surface area contributed by atoms with E-state index in [1.54, 1.807) is 0 Å². The smallest absolute Gasteiger partial charge is 0.323 e. The van der Waals surface area contributed by atoms with Gasteiger partial charge in [0.25, 0.3) is 0 Å². The van der Waals surface area contributed by atoms with E-state index in [4.69, 9.17) is 5.11 Å². The lowest BCUT2D eigenvalue weighted by Crippen LogP contribution is -2.07. The molecule has 3 heteroatoms. The minimum atomic E-state index is -0.792. The fourth-order valence-corrected chi connectivity index (χ4v) is 2.72. The summed E-state index contributed by atoms with van der Waals surface area (Å²) in [6, 6.07) is 4.19. The number of hydrogen-bond donors (Lipinski definition) is 1. The Bertz CT molecular complexity index is 611. The average molecular weight is 259 g/mol. The SMILES string of the molecule is CCCCc1cn(CC(=O)O)c2c(C)ccc(C)c12. The van der Waals surface area contributed by atoms with Gasteiger partial charge in [0.2, 0.25) is 0 Å². The lowest BCUT2D eigenvalue weighted by molar-refractivity contribution is -0.137. The Morgan fingerprint density at radius 1 is 1.26 bits per heavy atom. The van der Waals surface area contributed by atoms with Crippen LogP contribution in [-0.4, -0.2) is 15.6 Å². The molecule has 0 aliphatic carbocycles. The average Bonchev–Trinajstić information content (AvgIpc) is 2.70. The number of carbonyl (C=O) groups is 1. The first kappa shape index (κ1) is 13.7. The Morgan fingerprint density at radius 3 is 2.58 bits per heavy atom. The molecule has 0 saturated carbocycles. The molecule has 1 heterocycles. The quantitative estimate of drug-likeness (QED) is 0.890. The van der Waals surface area contributed by atoms with E-state index in [2.05, 4.69) is 26.0 Å². The maximum atomic E-state index is 11.0. The highest BCUT2D eigenvalue weighted by molar-refractivity contribution is 5.90. The van der Waals surface area contributed by atoms with E-state index in [0.29, 0.717) is 0 Å². The number of rotatable bonds is 5. The van der Waals surface area contributed by atoms with Gasteiger partial charge >= 0.3 is 5.97 Å². The van der Waals surface area contributed by atoms with Gasteiger partial charge < -0.3 is 9.67 Å². The van der Waals surface area contributed by atoms with E-state index in [9.17, 15) is 4.79 Å². The normalized spacial score (nSPS) is 11.1. The van der Waals surface area contributed by atoms with Gasteiger partial charge in [-0.2, -0.15) is 0 Å². The van der Waals surface area contributed by atoms with Crippen LogP contribution in [0.2, 0.25) is 0 Å². The first-order valence-electron chi connectivity index (χ1n) is 6.84. The second-order valence-electron chi connectivity index (χ2n) is 5.20. The summed E-state index contributed by atoms with van der Waals surface area (Å²) < 4.78 is 1.88. The predicted octanol–water partition coefficient (Wildman–Crippen LogP) is 3.69. The number of aromatic nitrogens is 1. The van der Waals surface area contributed by atoms with Crippen LogP contribution in [0.4, 0.5) is 0 Å². The van der Waals surface area contributed by atoms with Gasteiger partial charge in [0, 0.05) is 11.6 Å². The summed E-state index contributed by atoms with van der Waals surface area (Å²) in [6.45, 7) is 6.35. The Morgan fingerprint density at radius 2 is 1.95 bits per heavy atom. The molecule has 0 spiro atoms. The monoisotopic (exact) mass is 259 g/mol. The molecule has 2 rings (SSSR count). The molecule has 1 aromatic carbocycles. The molecular formula is C16H21NO2. The van der Waals surface area contributed by atoms with Crippen molar-refractivity contribution in [2.24, 2.45) is 0 Å². The van der Waals surface area contributed by atoms with Gasteiger partial charge in [0.1, 0.15) is 6.54 Å². The van der Waals surface area contributed by atoms with Crippen molar-refractivity contribution in [1.29, 1.82) is 0 Å². The zero-order valence-corrected chi connectivity index (χ0v) is 11.9. The van der Waals surface area contributed by atoms with E-state index in [0.717, 1.165) is 30.3 Å². The highest BCUT2D eigenvalue weighted by atomic mass is 16.4. The number of hydrogen-bond acceptors (Lipinski definition) is 1. The Hall–Kier alpha value is -1.77. The van der Waals surface area contributed by atoms with Crippen molar-refractivity contribution in [3.8, 4) is 0 Å². The van der Waals surface area contributed by atoms with Gasteiger partial charge in [0.05, 0.1) is 5.52 Å². The second kappa shape index (κ2) is 5.47. The highest BCUT2D eigenvalue weighted by Gasteiger charge is 2.14. The molecule has 0 amide bonds. The van der Waals surface area contributed by atoms with Gasteiger partial charge in [0.15, 0.2) is 0 Å². The van der Waals surface area contributed by atoms with Gasteiger partial charge in [-0.1, -0.05) is 25.5 Å². The summed E-state index contributed by atoms with van der Waals surface area (Å²) in [5, 5.41) is 10.3. The van der Waals surface area contributed by atoms with E-state index in [-0.39, 0.29) is 6.54 Å². The molecule has 0 radical (unpaired) electrons. The number of benzene rings is 1. The number of carboxylic acid groups (broad SMARTS) is 1. The summed E-state index contributed by atoms with van der Waals surface area (Å²) in [6.07, 6.45) is 5.33. The van der Waals surface area contributed by atoms with Crippen LogP contribution in [0, 0.1) is 13.8 Å². The third-order valence-corrected chi connectivity index (χ3v) is 3.61. The third-order valence-electron chi connectivity index (χ3n) is 3.61. The van der Waals surface area contributed by atoms with Gasteiger partial charge in [-0.15, -0.1) is 0 Å². The fourth-order valence-electron chi connectivity index (χ4n) is 2.72. The molecule has 0 fully saturated rings. The zero-order chi connectivity index (χ0) is 14.0. The molecule has 0 bridgehead atoms. The highest BCUT2D eigenvalue weighted by Crippen LogP contribution is 2.29. The first-order chi connectivity index (χ1) is 9.04. The largest absolute Gasteiger partial charge is 0.480 e. The van der Waals surface area contributed by atoms with Crippen molar-refractivity contribution in [1.82, 2.24) is 4.57 Å². The lowest BCUT2D eigenvalue weighted by atomic mass is 10.0. The molecule has 19 heavy (non-hydrogen) atoms. The standard InChI is InChI=1S/C16H21NO2/c1-4-5-6-13-9-17(10-14(18)19)16-12(3)8-7-11(2)15(13)16/h7-9H,4-6,10H2,1-3H3,(H,18,19).